The first kappa shape index (κ1) is 17.0. The number of nitrogens with zero attached hydrogens (tertiary/aromatic N) is 2. The number of fused-ring (bicyclic) bond motifs is 1. The van der Waals surface area contributed by atoms with Crippen LogP contribution < -0.4 is 20.8 Å². The summed E-state index contributed by atoms with van der Waals surface area (Å²) >= 11 is 1.44. The first-order chi connectivity index (χ1) is 13.1. The molecule has 0 radical (unpaired) electrons. The molecule has 0 atom stereocenters. The molecule has 27 heavy (non-hydrogen) atoms. The van der Waals surface area contributed by atoms with E-state index >= 15 is 0 Å². The summed E-state index contributed by atoms with van der Waals surface area (Å²) in [5.74, 6) is 1.05. The van der Waals surface area contributed by atoms with E-state index in [2.05, 4.69) is 15.0 Å². The Hall–Kier alpha value is -3.39. The number of rotatable bonds is 4. The average molecular weight is 380 g/mol. The normalized spacial score (nSPS) is 10.9. The van der Waals surface area contributed by atoms with Gasteiger partial charge in [0.05, 0.1) is 36.7 Å². The maximum Gasteiger partial charge on any atom is 0.260 e. The molecule has 3 N–H and O–H groups in total. The van der Waals surface area contributed by atoms with E-state index in [9.17, 15) is 4.79 Å². The summed E-state index contributed by atoms with van der Waals surface area (Å²) in [5.41, 5.74) is 8.77. The van der Waals surface area contributed by atoms with Crippen molar-refractivity contribution >= 4 is 27.9 Å². The minimum Gasteiger partial charge on any atom is -0.493 e. The largest absolute Gasteiger partial charge is 0.493 e. The topological polar surface area (TPSA) is 103 Å². The molecule has 0 aliphatic heterocycles. The van der Waals surface area contributed by atoms with Crippen LogP contribution in [-0.4, -0.2) is 29.2 Å². The van der Waals surface area contributed by atoms with Gasteiger partial charge in [-0.1, -0.05) is 0 Å². The molecule has 3 heterocycles. The summed E-state index contributed by atoms with van der Waals surface area (Å²) < 4.78 is 10.6. The van der Waals surface area contributed by atoms with Crippen LogP contribution in [0.15, 0.2) is 46.8 Å². The zero-order valence-electron chi connectivity index (χ0n) is 14.6. The number of anilines is 1. The van der Waals surface area contributed by atoms with Crippen molar-refractivity contribution < 1.29 is 9.47 Å². The Morgan fingerprint density at radius 1 is 1.11 bits per heavy atom. The lowest BCUT2D eigenvalue weighted by Crippen LogP contribution is -2.13. The van der Waals surface area contributed by atoms with Crippen molar-refractivity contribution in [1.29, 1.82) is 0 Å². The van der Waals surface area contributed by atoms with Gasteiger partial charge in [0, 0.05) is 34.8 Å². The van der Waals surface area contributed by atoms with Crippen LogP contribution in [0, 0.1) is 0 Å². The number of benzene rings is 1. The van der Waals surface area contributed by atoms with Crippen LogP contribution in [0.5, 0.6) is 11.5 Å². The summed E-state index contributed by atoms with van der Waals surface area (Å²) in [4.78, 5) is 24.2. The van der Waals surface area contributed by atoms with Gasteiger partial charge in [0.25, 0.3) is 5.56 Å². The fraction of sp³-hybridized carbons (Fsp3) is 0.105. The van der Waals surface area contributed by atoms with Crippen molar-refractivity contribution in [2.24, 2.45) is 0 Å². The summed E-state index contributed by atoms with van der Waals surface area (Å²) in [6.07, 6.45) is 3.40. The smallest absolute Gasteiger partial charge is 0.260 e. The number of ether oxygens (including phenoxy) is 2. The van der Waals surface area contributed by atoms with Crippen LogP contribution in [0.4, 0.5) is 5.69 Å². The lowest BCUT2D eigenvalue weighted by atomic mass is 10.1. The second-order valence-electron chi connectivity index (χ2n) is 5.77. The highest BCUT2D eigenvalue weighted by atomic mass is 32.1. The van der Waals surface area contributed by atoms with E-state index in [0.717, 1.165) is 10.6 Å². The van der Waals surface area contributed by atoms with Gasteiger partial charge in [-0.25, -0.2) is 4.98 Å². The fourth-order valence-corrected chi connectivity index (χ4v) is 3.73. The molecule has 4 rings (SSSR count). The Labute approximate surface area is 158 Å². The van der Waals surface area contributed by atoms with E-state index in [1.165, 1.54) is 18.4 Å². The molecule has 0 aliphatic rings. The van der Waals surface area contributed by atoms with E-state index < -0.39 is 0 Å². The van der Waals surface area contributed by atoms with Gasteiger partial charge in [-0.15, -0.1) is 11.3 Å². The molecular formula is C19H16N4O3S. The number of methoxy groups -OCH3 is 2. The van der Waals surface area contributed by atoms with Gasteiger partial charge in [0.15, 0.2) is 11.5 Å². The van der Waals surface area contributed by atoms with Crippen molar-refractivity contribution in [1.82, 2.24) is 15.0 Å². The summed E-state index contributed by atoms with van der Waals surface area (Å²) in [6.45, 7) is 0. The van der Waals surface area contributed by atoms with Crippen molar-refractivity contribution in [3.8, 4) is 33.3 Å². The van der Waals surface area contributed by atoms with Gasteiger partial charge in [-0.3, -0.25) is 9.78 Å². The Kier molecular flexibility index (Phi) is 4.25. The van der Waals surface area contributed by atoms with E-state index in [0.29, 0.717) is 39.3 Å². The number of aromatic amines is 1. The van der Waals surface area contributed by atoms with Gasteiger partial charge >= 0.3 is 0 Å². The van der Waals surface area contributed by atoms with Gasteiger partial charge in [0.2, 0.25) is 0 Å². The molecule has 0 fully saturated rings. The zero-order chi connectivity index (χ0) is 19.0. The maximum atomic E-state index is 12.7. The minimum absolute atomic E-state index is 0.307. The van der Waals surface area contributed by atoms with Gasteiger partial charge in [-0.05, 0) is 18.2 Å². The van der Waals surface area contributed by atoms with E-state index in [-0.39, 0.29) is 5.56 Å². The van der Waals surface area contributed by atoms with Crippen LogP contribution in [0.2, 0.25) is 0 Å². The Morgan fingerprint density at radius 2 is 1.81 bits per heavy atom. The fourth-order valence-electron chi connectivity index (χ4n) is 2.92. The lowest BCUT2D eigenvalue weighted by Gasteiger charge is -2.12. The second-order valence-corrected chi connectivity index (χ2v) is 6.63. The summed E-state index contributed by atoms with van der Waals surface area (Å²) in [7, 11) is 3.09. The van der Waals surface area contributed by atoms with Crippen LogP contribution in [-0.2, 0) is 0 Å². The highest BCUT2D eigenvalue weighted by molar-refractivity contribution is 7.13. The van der Waals surface area contributed by atoms with Crippen molar-refractivity contribution in [3.63, 3.8) is 0 Å². The highest BCUT2D eigenvalue weighted by Crippen LogP contribution is 2.37. The zero-order valence-corrected chi connectivity index (χ0v) is 15.5. The Morgan fingerprint density at radius 3 is 2.52 bits per heavy atom. The SMILES string of the molecule is COc1cc2[nH]c(=O)c(-c3csc(-c4ccncc4)n3)c(N)c2cc1OC. The molecule has 3 aromatic heterocycles. The quantitative estimate of drug-likeness (QED) is 0.563. The first-order valence-corrected chi connectivity index (χ1v) is 8.94. The van der Waals surface area contributed by atoms with Gasteiger partial charge in [0.1, 0.15) is 5.01 Å². The standard InChI is InChI=1S/C19H16N4O3S/c1-25-14-7-11-12(8-15(14)26-2)22-18(24)16(17(11)20)13-9-27-19(23-13)10-3-5-21-6-4-10/h3-9H,1-2H3,(H3,20,22,24). The summed E-state index contributed by atoms with van der Waals surface area (Å²) in [5, 5.41) is 3.28. The first-order valence-electron chi connectivity index (χ1n) is 8.06. The van der Waals surface area contributed by atoms with Gasteiger partial charge in [-0.2, -0.15) is 0 Å². The lowest BCUT2D eigenvalue weighted by molar-refractivity contribution is 0.356. The molecule has 0 spiro atoms. The summed E-state index contributed by atoms with van der Waals surface area (Å²) in [6, 6.07) is 7.18. The van der Waals surface area contributed by atoms with E-state index in [1.54, 1.807) is 31.6 Å². The maximum absolute atomic E-state index is 12.7. The monoisotopic (exact) mass is 380 g/mol. The molecule has 0 saturated heterocycles. The third-order valence-electron chi connectivity index (χ3n) is 4.25. The molecule has 0 aliphatic carbocycles. The van der Waals surface area contributed by atoms with Crippen LogP contribution >= 0.6 is 11.3 Å². The molecule has 0 unspecified atom stereocenters. The number of thiazole rings is 1. The van der Waals surface area contributed by atoms with Crippen molar-refractivity contribution in [3.05, 3.63) is 52.4 Å². The number of nitrogens with two attached hydrogens (primary N) is 1. The predicted molar refractivity (Wildman–Crippen MR) is 106 cm³/mol. The van der Waals surface area contributed by atoms with Gasteiger partial charge < -0.3 is 20.2 Å². The van der Waals surface area contributed by atoms with Crippen LogP contribution in [0.1, 0.15) is 0 Å². The van der Waals surface area contributed by atoms with Crippen molar-refractivity contribution in [2.75, 3.05) is 20.0 Å². The molecule has 4 aromatic rings. The van der Waals surface area contributed by atoms with Crippen LogP contribution in [0.25, 0.3) is 32.7 Å². The Balaban J connectivity index is 1.90. The number of nitrogen functional groups attached to an aromatic ring is 1. The molecule has 7 nitrogen and oxygen atoms in total. The number of aromatic nitrogens is 3. The highest BCUT2D eigenvalue weighted by Gasteiger charge is 2.18. The molecule has 8 heteroatoms. The molecule has 0 amide bonds. The molecule has 1 aromatic carbocycles. The number of nitrogens with one attached hydrogen (secondary N) is 1. The minimum atomic E-state index is -0.307. The molecule has 0 saturated carbocycles. The number of pyridine rings is 2. The molecule has 0 bridgehead atoms. The Bertz CT molecular complexity index is 1190. The van der Waals surface area contributed by atoms with E-state index in [1.807, 2.05) is 17.5 Å². The van der Waals surface area contributed by atoms with E-state index in [4.69, 9.17) is 15.2 Å². The molecule has 136 valence electrons. The molecular weight excluding hydrogens is 364 g/mol. The third-order valence-corrected chi connectivity index (χ3v) is 5.14. The number of hydrogen-bond donors (Lipinski definition) is 2. The number of hydrogen-bond acceptors (Lipinski definition) is 7. The average Bonchev–Trinajstić information content (AvgIpc) is 3.17. The second kappa shape index (κ2) is 6.73. The number of H-pyrrole nitrogens is 1. The predicted octanol–water partition coefficient (Wildman–Crippen LogP) is 3.31. The van der Waals surface area contributed by atoms with Crippen molar-refractivity contribution in [2.45, 2.75) is 0 Å². The van der Waals surface area contributed by atoms with Crippen LogP contribution in [0.3, 0.4) is 0 Å². The third kappa shape index (κ3) is 2.89.